The van der Waals surface area contributed by atoms with Crippen LogP contribution in [0.1, 0.15) is 23.8 Å². The molecule has 2 atom stereocenters. The van der Waals surface area contributed by atoms with Crippen LogP contribution in [0.4, 0.5) is 0 Å². The summed E-state index contributed by atoms with van der Waals surface area (Å²) >= 11 is 1.76. The van der Waals surface area contributed by atoms with Gasteiger partial charge in [-0.15, -0.1) is 11.3 Å². The minimum atomic E-state index is -0.649. The molecular formula is C13H19NO2S. The van der Waals surface area contributed by atoms with Crippen molar-refractivity contribution in [2.45, 2.75) is 26.8 Å². The highest BCUT2D eigenvalue weighted by molar-refractivity contribution is 7.10. The molecule has 0 radical (unpaired) electrons. The summed E-state index contributed by atoms with van der Waals surface area (Å²) in [7, 11) is 0. The summed E-state index contributed by atoms with van der Waals surface area (Å²) in [5.41, 5.74) is 1.32. The number of likely N-dealkylation sites (tertiary alicyclic amines) is 1. The lowest BCUT2D eigenvalue weighted by molar-refractivity contribution is -0.144. The van der Waals surface area contributed by atoms with Gasteiger partial charge in [-0.25, -0.2) is 0 Å². The molecule has 2 unspecified atom stereocenters. The van der Waals surface area contributed by atoms with Gasteiger partial charge in [-0.1, -0.05) is 6.92 Å². The first-order valence-corrected chi connectivity index (χ1v) is 6.92. The lowest BCUT2D eigenvalue weighted by atomic mass is 9.90. The van der Waals surface area contributed by atoms with Crippen LogP contribution in [0.2, 0.25) is 0 Å². The number of hydrogen-bond donors (Lipinski definition) is 1. The van der Waals surface area contributed by atoms with Gasteiger partial charge in [-0.3, -0.25) is 9.69 Å². The van der Waals surface area contributed by atoms with Crippen molar-refractivity contribution in [1.29, 1.82) is 0 Å². The zero-order chi connectivity index (χ0) is 12.4. The molecule has 1 saturated heterocycles. The summed E-state index contributed by atoms with van der Waals surface area (Å²) in [6.45, 7) is 6.87. The van der Waals surface area contributed by atoms with Gasteiger partial charge in [0.2, 0.25) is 0 Å². The van der Waals surface area contributed by atoms with Crippen LogP contribution in [0.3, 0.4) is 0 Å². The summed E-state index contributed by atoms with van der Waals surface area (Å²) in [4.78, 5) is 14.7. The molecule has 4 heteroatoms. The maximum atomic E-state index is 11.1. The largest absolute Gasteiger partial charge is 0.481 e. The molecular weight excluding hydrogens is 234 g/mol. The topological polar surface area (TPSA) is 40.5 Å². The molecule has 17 heavy (non-hydrogen) atoms. The Kier molecular flexibility index (Phi) is 3.84. The first-order chi connectivity index (χ1) is 8.06. The minimum absolute atomic E-state index is 0.195. The smallest absolute Gasteiger partial charge is 0.307 e. The van der Waals surface area contributed by atoms with E-state index < -0.39 is 5.97 Å². The molecule has 3 nitrogen and oxygen atoms in total. The summed E-state index contributed by atoms with van der Waals surface area (Å²) in [6.07, 6.45) is 0.815. The van der Waals surface area contributed by atoms with E-state index in [1.807, 2.05) is 0 Å². The molecule has 0 amide bonds. The maximum absolute atomic E-state index is 11.1. The van der Waals surface area contributed by atoms with Crippen LogP contribution in [0.15, 0.2) is 11.4 Å². The average molecular weight is 253 g/mol. The van der Waals surface area contributed by atoms with Crippen molar-refractivity contribution >= 4 is 17.3 Å². The summed E-state index contributed by atoms with van der Waals surface area (Å²) in [5, 5.41) is 11.2. The predicted molar refractivity (Wildman–Crippen MR) is 69.2 cm³/mol. The van der Waals surface area contributed by atoms with Gasteiger partial charge in [0.15, 0.2) is 0 Å². The van der Waals surface area contributed by atoms with E-state index in [0.29, 0.717) is 12.5 Å². The second-order valence-corrected chi connectivity index (χ2v) is 6.10. The van der Waals surface area contributed by atoms with Crippen LogP contribution >= 0.6 is 11.3 Å². The van der Waals surface area contributed by atoms with Crippen molar-refractivity contribution in [1.82, 2.24) is 4.90 Å². The highest BCUT2D eigenvalue weighted by Gasteiger charge is 2.29. The Morgan fingerprint density at radius 2 is 2.35 bits per heavy atom. The van der Waals surface area contributed by atoms with E-state index >= 15 is 0 Å². The van der Waals surface area contributed by atoms with Gasteiger partial charge in [-0.2, -0.15) is 0 Å². The van der Waals surface area contributed by atoms with E-state index in [0.717, 1.165) is 19.5 Å². The second-order valence-electron chi connectivity index (χ2n) is 5.10. The standard InChI is InChI=1S/C13H19NO2S/c1-9-5-11(13(15)16)7-14(6-9)8-12-10(2)3-4-17-12/h3-4,9,11H,5-8H2,1-2H3,(H,15,16). The molecule has 0 aliphatic carbocycles. The third-order valence-electron chi connectivity index (χ3n) is 3.42. The van der Waals surface area contributed by atoms with Gasteiger partial charge in [-0.05, 0) is 36.3 Å². The van der Waals surface area contributed by atoms with Crippen molar-refractivity contribution in [2.24, 2.45) is 11.8 Å². The van der Waals surface area contributed by atoms with E-state index in [9.17, 15) is 4.79 Å². The molecule has 1 N–H and O–H groups in total. The normalized spacial score (nSPS) is 26.0. The number of piperidine rings is 1. The SMILES string of the molecule is Cc1ccsc1CN1CC(C)CC(C(=O)O)C1. The quantitative estimate of drug-likeness (QED) is 0.900. The number of carboxylic acids is 1. The van der Waals surface area contributed by atoms with Crippen LogP contribution in [-0.4, -0.2) is 29.1 Å². The zero-order valence-corrected chi connectivity index (χ0v) is 11.2. The van der Waals surface area contributed by atoms with E-state index in [2.05, 4.69) is 30.2 Å². The molecule has 1 fully saturated rings. The summed E-state index contributed by atoms with van der Waals surface area (Å²) in [5.74, 6) is -0.367. The number of carbonyl (C=O) groups is 1. The fraction of sp³-hybridized carbons (Fsp3) is 0.615. The lowest BCUT2D eigenvalue weighted by Gasteiger charge is -2.34. The van der Waals surface area contributed by atoms with Crippen molar-refractivity contribution in [2.75, 3.05) is 13.1 Å². The lowest BCUT2D eigenvalue weighted by Crippen LogP contribution is -2.41. The highest BCUT2D eigenvalue weighted by atomic mass is 32.1. The molecule has 0 aromatic carbocycles. The zero-order valence-electron chi connectivity index (χ0n) is 10.3. The van der Waals surface area contributed by atoms with Gasteiger partial charge < -0.3 is 5.11 Å². The minimum Gasteiger partial charge on any atom is -0.481 e. The molecule has 94 valence electrons. The number of hydrogen-bond acceptors (Lipinski definition) is 3. The first kappa shape index (κ1) is 12.6. The van der Waals surface area contributed by atoms with Crippen LogP contribution < -0.4 is 0 Å². The fourth-order valence-electron chi connectivity index (χ4n) is 2.54. The van der Waals surface area contributed by atoms with Gasteiger partial charge in [0.1, 0.15) is 0 Å². The molecule has 1 aliphatic heterocycles. The Morgan fingerprint density at radius 3 is 2.94 bits per heavy atom. The van der Waals surface area contributed by atoms with E-state index in [1.165, 1.54) is 10.4 Å². The van der Waals surface area contributed by atoms with E-state index in [-0.39, 0.29) is 5.92 Å². The van der Waals surface area contributed by atoms with Crippen LogP contribution in [0.5, 0.6) is 0 Å². The average Bonchev–Trinajstić information content (AvgIpc) is 2.63. The molecule has 0 bridgehead atoms. The number of nitrogens with zero attached hydrogens (tertiary/aromatic N) is 1. The van der Waals surface area contributed by atoms with Gasteiger partial charge >= 0.3 is 5.97 Å². The van der Waals surface area contributed by atoms with Crippen LogP contribution in [0.25, 0.3) is 0 Å². The van der Waals surface area contributed by atoms with E-state index in [4.69, 9.17) is 5.11 Å². The van der Waals surface area contributed by atoms with Crippen LogP contribution in [0, 0.1) is 18.8 Å². The number of carboxylic acid groups (broad SMARTS) is 1. The maximum Gasteiger partial charge on any atom is 0.307 e. The summed E-state index contributed by atoms with van der Waals surface area (Å²) < 4.78 is 0. The Labute approximate surface area is 106 Å². The van der Waals surface area contributed by atoms with Gasteiger partial charge in [0.05, 0.1) is 5.92 Å². The number of aryl methyl sites for hydroxylation is 1. The Bertz CT molecular complexity index is 402. The fourth-order valence-corrected chi connectivity index (χ4v) is 3.49. The number of aliphatic carboxylic acids is 1. The van der Waals surface area contributed by atoms with Crippen molar-refractivity contribution in [3.05, 3.63) is 21.9 Å². The van der Waals surface area contributed by atoms with Gasteiger partial charge in [0.25, 0.3) is 0 Å². The Hall–Kier alpha value is -0.870. The third kappa shape index (κ3) is 3.07. The first-order valence-electron chi connectivity index (χ1n) is 6.04. The molecule has 1 aliphatic rings. The Balaban J connectivity index is 2.01. The third-order valence-corrected chi connectivity index (χ3v) is 4.43. The van der Waals surface area contributed by atoms with Crippen LogP contribution in [-0.2, 0) is 11.3 Å². The number of thiophene rings is 1. The summed E-state index contributed by atoms with van der Waals surface area (Å²) in [6, 6.07) is 2.13. The van der Waals surface area contributed by atoms with Crippen molar-refractivity contribution in [3.8, 4) is 0 Å². The highest BCUT2D eigenvalue weighted by Crippen LogP contribution is 2.25. The van der Waals surface area contributed by atoms with Crippen molar-refractivity contribution < 1.29 is 9.90 Å². The molecule has 1 aromatic rings. The van der Waals surface area contributed by atoms with Crippen molar-refractivity contribution in [3.63, 3.8) is 0 Å². The second kappa shape index (κ2) is 5.19. The molecule has 0 saturated carbocycles. The molecule has 1 aromatic heterocycles. The predicted octanol–water partition coefficient (Wildman–Crippen LogP) is 2.60. The molecule has 2 rings (SSSR count). The monoisotopic (exact) mass is 253 g/mol. The molecule has 2 heterocycles. The Morgan fingerprint density at radius 1 is 1.59 bits per heavy atom. The van der Waals surface area contributed by atoms with E-state index in [1.54, 1.807) is 11.3 Å². The number of rotatable bonds is 3. The van der Waals surface area contributed by atoms with Gasteiger partial charge in [0, 0.05) is 24.5 Å². The molecule has 0 spiro atoms.